The monoisotopic (exact) mass is 377 g/mol. The molecule has 0 radical (unpaired) electrons. The average Bonchev–Trinajstić information content (AvgIpc) is 3.20. The molecule has 0 aliphatic carbocycles. The van der Waals surface area contributed by atoms with Crippen LogP contribution in [0.1, 0.15) is 17.3 Å². The molecular formula is C16H19N5O4S. The Morgan fingerprint density at radius 1 is 1.15 bits per heavy atom. The number of methoxy groups -OCH3 is 3. The van der Waals surface area contributed by atoms with Crippen molar-refractivity contribution in [3.05, 3.63) is 23.0 Å². The second-order valence-corrected chi connectivity index (χ2v) is 6.44. The van der Waals surface area contributed by atoms with Gasteiger partial charge in [-0.2, -0.15) is 9.61 Å². The van der Waals surface area contributed by atoms with Crippen molar-refractivity contribution in [3.63, 3.8) is 0 Å². The maximum absolute atomic E-state index is 12.3. The Morgan fingerprint density at radius 3 is 2.42 bits per heavy atom. The van der Waals surface area contributed by atoms with E-state index < -0.39 is 0 Å². The molecule has 2 heterocycles. The van der Waals surface area contributed by atoms with Gasteiger partial charge in [0.2, 0.25) is 16.6 Å². The lowest BCUT2D eigenvalue weighted by Gasteiger charge is -2.14. The first-order valence-electron chi connectivity index (χ1n) is 7.83. The number of aromatic nitrogens is 4. The smallest absolute Gasteiger partial charge is 0.234 e. The van der Waals surface area contributed by atoms with Crippen LogP contribution in [0, 0.1) is 6.92 Å². The molecular weight excluding hydrogens is 358 g/mol. The van der Waals surface area contributed by atoms with E-state index >= 15 is 0 Å². The van der Waals surface area contributed by atoms with Crippen molar-refractivity contribution in [2.45, 2.75) is 19.8 Å². The summed E-state index contributed by atoms with van der Waals surface area (Å²) < 4.78 is 17.5. The molecule has 0 bridgehead atoms. The van der Waals surface area contributed by atoms with Crippen LogP contribution >= 0.6 is 11.3 Å². The van der Waals surface area contributed by atoms with Crippen molar-refractivity contribution in [1.29, 1.82) is 0 Å². The van der Waals surface area contributed by atoms with E-state index in [4.69, 9.17) is 14.2 Å². The van der Waals surface area contributed by atoms with Gasteiger partial charge in [0.15, 0.2) is 17.3 Å². The summed E-state index contributed by atoms with van der Waals surface area (Å²) in [6, 6.07) is 3.37. The Hall–Kier alpha value is -2.88. The Kier molecular flexibility index (Phi) is 5.21. The molecule has 138 valence electrons. The summed E-state index contributed by atoms with van der Waals surface area (Å²) in [5.74, 6) is 2.02. The van der Waals surface area contributed by atoms with Crippen LogP contribution in [-0.2, 0) is 11.2 Å². The summed E-state index contributed by atoms with van der Waals surface area (Å²) >= 11 is 1.43. The van der Waals surface area contributed by atoms with Crippen LogP contribution in [0.2, 0.25) is 0 Å². The van der Waals surface area contributed by atoms with Crippen molar-refractivity contribution in [3.8, 4) is 17.2 Å². The molecule has 26 heavy (non-hydrogen) atoms. The number of carbonyl (C=O) groups is 1. The van der Waals surface area contributed by atoms with Crippen LogP contribution in [0.5, 0.6) is 17.2 Å². The second-order valence-electron chi connectivity index (χ2n) is 5.40. The summed E-state index contributed by atoms with van der Waals surface area (Å²) in [7, 11) is 4.58. The van der Waals surface area contributed by atoms with Gasteiger partial charge in [-0.05, 0) is 6.92 Å². The first kappa shape index (κ1) is 17.9. The number of nitrogens with zero attached hydrogens (tertiary/aromatic N) is 4. The van der Waals surface area contributed by atoms with Gasteiger partial charge < -0.3 is 19.5 Å². The van der Waals surface area contributed by atoms with E-state index in [1.807, 2.05) is 6.92 Å². The number of benzene rings is 1. The highest BCUT2D eigenvalue weighted by Gasteiger charge is 2.15. The molecule has 9 nitrogen and oxygen atoms in total. The van der Waals surface area contributed by atoms with Gasteiger partial charge in [-0.1, -0.05) is 11.3 Å². The lowest BCUT2D eigenvalue weighted by Crippen LogP contribution is -2.12. The maximum Gasteiger partial charge on any atom is 0.234 e. The standard InChI is InChI=1S/C16H19N5O4S/c1-9-18-19-16-21(9)20-14(26-16)6-5-13(22)17-10-7-11(23-2)15(25-4)12(8-10)24-3/h7-8H,5-6H2,1-4H3,(H,17,22). The maximum atomic E-state index is 12.3. The molecule has 0 saturated carbocycles. The molecule has 0 aliphatic heterocycles. The van der Waals surface area contributed by atoms with Crippen molar-refractivity contribution in [2.24, 2.45) is 0 Å². The van der Waals surface area contributed by atoms with Gasteiger partial charge in [-0.3, -0.25) is 4.79 Å². The molecule has 0 unspecified atom stereocenters. The van der Waals surface area contributed by atoms with Crippen molar-refractivity contribution in [1.82, 2.24) is 19.8 Å². The van der Waals surface area contributed by atoms with Gasteiger partial charge in [0.05, 0.1) is 21.3 Å². The number of aryl methyl sites for hydroxylation is 2. The summed E-state index contributed by atoms with van der Waals surface area (Å²) in [5.41, 5.74) is 0.568. The zero-order valence-corrected chi connectivity index (χ0v) is 15.7. The predicted octanol–water partition coefficient (Wildman–Crippen LogP) is 2.09. The number of hydrogen-bond acceptors (Lipinski definition) is 8. The van der Waals surface area contributed by atoms with Crippen LogP contribution in [-0.4, -0.2) is 47.0 Å². The Labute approximate surface area is 153 Å². The number of carbonyl (C=O) groups excluding carboxylic acids is 1. The number of fused-ring (bicyclic) bond motifs is 1. The fourth-order valence-electron chi connectivity index (χ4n) is 2.45. The molecule has 2 aromatic heterocycles. The average molecular weight is 377 g/mol. The van der Waals surface area contributed by atoms with Gasteiger partial charge in [0, 0.05) is 30.7 Å². The highest BCUT2D eigenvalue weighted by Crippen LogP contribution is 2.39. The lowest BCUT2D eigenvalue weighted by atomic mass is 10.2. The number of nitrogens with one attached hydrogen (secondary N) is 1. The molecule has 10 heteroatoms. The molecule has 3 aromatic rings. The third-order valence-electron chi connectivity index (χ3n) is 3.70. The zero-order chi connectivity index (χ0) is 18.7. The lowest BCUT2D eigenvalue weighted by molar-refractivity contribution is -0.116. The highest BCUT2D eigenvalue weighted by atomic mass is 32.1. The number of hydrogen-bond donors (Lipinski definition) is 1. The molecule has 1 amide bonds. The Bertz CT molecular complexity index is 911. The van der Waals surface area contributed by atoms with Crippen LogP contribution in [0.3, 0.4) is 0 Å². The van der Waals surface area contributed by atoms with Gasteiger partial charge in [-0.25, -0.2) is 0 Å². The van der Waals surface area contributed by atoms with Crippen LogP contribution < -0.4 is 19.5 Å². The number of rotatable bonds is 7. The third-order valence-corrected chi connectivity index (χ3v) is 4.66. The third kappa shape index (κ3) is 3.54. The molecule has 1 N–H and O–H groups in total. The Morgan fingerprint density at radius 2 is 1.85 bits per heavy atom. The predicted molar refractivity (Wildman–Crippen MR) is 96.4 cm³/mol. The molecule has 1 aromatic carbocycles. The minimum atomic E-state index is -0.137. The van der Waals surface area contributed by atoms with Crippen LogP contribution in [0.25, 0.3) is 4.96 Å². The van der Waals surface area contributed by atoms with Gasteiger partial charge in [0.1, 0.15) is 5.01 Å². The number of ether oxygens (including phenoxy) is 3. The van der Waals surface area contributed by atoms with E-state index in [2.05, 4.69) is 20.6 Å². The first-order valence-corrected chi connectivity index (χ1v) is 8.65. The van der Waals surface area contributed by atoms with E-state index in [9.17, 15) is 4.79 Å². The van der Waals surface area contributed by atoms with Gasteiger partial charge in [0.25, 0.3) is 0 Å². The van der Waals surface area contributed by atoms with Crippen molar-refractivity contribution >= 4 is 27.9 Å². The largest absolute Gasteiger partial charge is 0.493 e. The molecule has 0 saturated heterocycles. The summed E-state index contributed by atoms with van der Waals surface area (Å²) in [6.45, 7) is 1.83. The first-order chi connectivity index (χ1) is 12.5. The van der Waals surface area contributed by atoms with Crippen molar-refractivity contribution in [2.75, 3.05) is 26.6 Å². The fourth-order valence-corrected chi connectivity index (χ4v) is 3.33. The normalized spacial score (nSPS) is 10.8. The number of amides is 1. The highest BCUT2D eigenvalue weighted by molar-refractivity contribution is 7.16. The minimum Gasteiger partial charge on any atom is -0.493 e. The summed E-state index contributed by atoms with van der Waals surface area (Å²) in [6.07, 6.45) is 0.809. The Balaban J connectivity index is 1.67. The SMILES string of the molecule is COc1cc(NC(=O)CCc2nn3c(C)nnc3s2)cc(OC)c1OC. The van der Waals surface area contributed by atoms with E-state index in [1.165, 1.54) is 32.7 Å². The molecule has 0 spiro atoms. The second kappa shape index (κ2) is 7.56. The number of anilines is 1. The fraction of sp³-hybridized carbons (Fsp3) is 0.375. The minimum absolute atomic E-state index is 0.137. The van der Waals surface area contributed by atoms with E-state index in [0.29, 0.717) is 35.8 Å². The van der Waals surface area contributed by atoms with E-state index in [1.54, 1.807) is 16.6 Å². The van der Waals surface area contributed by atoms with E-state index in [0.717, 1.165) is 15.8 Å². The summed E-state index contributed by atoms with van der Waals surface area (Å²) in [5, 5.41) is 16.0. The molecule has 0 fully saturated rings. The molecule has 0 aliphatic rings. The molecule has 0 atom stereocenters. The summed E-state index contributed by atoms with van der Waals surface area (Å²) in [4.78, 5) is 13.0. The van der Waals surface area contributed by atoms with Gasteiger partial charge in [-0.15, -0.1) is 10.2 Å². The van der Waals surface area contributed by atoms with E-state index in [-0.39, 0.29) is 5.91 Å². The van der Waals surface area contributed by atoms with Crippen molar-refractivity contribution < 1.29 is 19.0 Å². The molecule has 3 rings (SSSR count). The van der Waals surface area contributed by atoms with Crippen LogP contribution in [0.15, 0.2) is 12.1 Å². The van der Waals surface area contributed by atoms with Crippen LogP contribution in [0.4, 0.5) is 5.69 Å². The van der Waals surface area contributed by atoms with Gasteiger partial charge >= 0.3 is 0 Å². The zero-order valence-electron chi connectivity index (χ0n) is 14.9. The quantitative estimate of drug-likeness (QED) is 0.673. The topological polar surface area (TPSA) is 99.9 Å².